The van der Waals surface area contributed by atoms with Gasteiger partial charge >= 0.3 is 0 Å². The van der Waals surface area contributed by atoms with Crippen LogP contribution in [-0.4, -0.2) is 15.8 Å². The molecule has 4 nitrogen and oxygen atoms in total. The molecule has 0 saturated carbocycles. The molecular weight excluding hydrogens is 188 g/mol. The van der Waals surface area contributed by atoms with Crippen molar-refractivity contribution in [1.29, 1.82) is 0 Å². The second-order valence-corrected chi connectivity index (χ2v) is 3.06. The van der Waals surface area contributed by atoms with Gasteiger partial charge in [0.25, 0.3) is 0 Å². The van der Waals surface area contributed by atoms with Gasteiger partial charge in [0.05, 0.1) is 5.69 Å². The molecule has 0 aliphatic rings. The lowest BCUT2D eigenvalue weighted by molar-refractivity contribution is 0.734. The van der Waals surface area contributed by atoms with Crippen molar-refractivity contribution < 1.29 is 0 Å². The number of aryl methyl sites for hydroxylation is 1. The van der Waals surface area contributed by atoms with Crippen LogP contribution >= 0.6 is 12.4 Å². The van der Waals surface area contributed by atoms with Crippen LogP contribution in [0, 0.1) is 0 Å². The van der Waals surface area contributed by atoms with E-state index in [1.165, 1.54) is 0 Å². The van der Waals surface area contributed by atoms with Gasteiger partial charge in [0.15, 0.2) is 5.82 Å². The molecule has 0 fully saturated rings. The number of nitrogens with zero attached hydrogens (tertiary/aromatic N) is 2. The van der Waals surface area contributed by atoms with Gasteiger partial charge in [0.2, 0.25) is 0 Å². The Morgan fingerprint density at radius 3 is 2.69 bits per heavy atom. The monoisotopic (exact) mass is 204 g/mol. The van der Waals surface area contributed by atoms with Gasteiger partial charge in [0, 0.05) is 19.3 Å². The molecule has 0 aromatic carbocycles. The van der Waals surface area contributed by atoms with E-state index in [1.807, 2.05) is 7.05 Å². The number of halogens is 1. The van der Waals surface area contributed by atoms with Gasteiger partial charge in [0.1, 0.15) is 0 Å². The summed E-state index contributed by atoms with van der Waals surface area (Å²) in [4.78, 5) is 0. The summed E-state index contributed by atoms with van der Waals surface area (Å²) in [6.45, 7) is 4.23. The molecule has 5 heteroatoms. The van der Waals surface area contributed by atoms with E-state index in [0.717, 1.165) is 12.2 Å². The fourth-order valence-corrected chi connectivity index (χ4v) is 0.954. The highest BCUT2D eigenvalue weighted by Crippen LogP contribution is 2.15. The van der Waals surface area contributed by atoms with E-state index in [9.17, 15) is 0 Å². The summed E-state index contributed by atoms with van der Waals surface area (Å²) in [5.41, 5.74) is 6.40. The van der Waals surface area contributed by atoms with Crippen LogP contribution in [0.15, 0.2) is 6.20 Å². The van der Waals surface area contributed by atoms with Crippen molar-refractivity contribution in [3.8, 4) is 0 Å². The molecule has 1 atom stereocenters. The van der Waals surface area contributed by atoms with Gasteiger partial charge in [-0.15, -0.1) is 12.4 Å². The summed E-state index contributed by atoms with van der Waals surface area (Å²) in [6, 6.07) is 0.419. The third-order valence-corrected chi connectivity index (χ3v) is 1.85. The van der Waals surface area contributed by atoms with Crippen LogP contribution in [0.3, 0.4) is 0 Å². The lowest BCUT2D eigenvalue weighted by Gasteiger charge is -2.10. The quantitative estimate of drug-likeness (QED) is 0.787. The largest absolute Gasteiger partial charge is 0.394 e. The maximum absolute atomic E-state index is 5.70. The highest BCUT2D eigenvalue weighted by Gasteiger charge is 2.05. The number of hydrogen-bond donors (Lipinski definition) is 2. The van der Waals surface area contributed by atoms with Crippen LogP contribution in [-0.2, 0) is 7.05 Å². The maximum Gasteiger partial charge on any atom is 0.171 e. The average Bonchev–Trinajstić information content (AvgIpc) is 2.30. The SMILES string of the molecule is CCC(C)Nc1nn(C)cc1N.Cl. The molecule has 0 spiro atoms. The molecule has 1 aromatic heterocycles. The van der Waals surface area contributed by atoms with Crippen molar-refractivity contribution in [3.05, 3.63) is 6.20 Å². The van der Waals surface area contributed by atoms with Crippen molar-refractivity contribution in [2.24, 2.45) is 7.05 Å². The number of hydrogen-bond acceptors (Lipinski definition) is 3. The summed E-state index contributed by atoms with van der Waals surface area (Å²) in [7, 11) is 1.86. The van der Waals surface area contributed by atoms with Crippen LogP contribution < -0.4 is 11.1 Å². The third kappa shape index (κ3) is 3.14. The van der Waals surface area contributed by atoms with E-state index in [-0.39, 0.29) is 12.4 Å². The van der Waals surface area contributed by atoms with E-state index >= 15 is 0 Å². The first kappa shape index (κ1) is 12.1. The maximum atomic E-state index is 5.70. The highest BCUT2D eigenvalue weighted by atomic mass is 35.5. The normalized spacial score (nSPS) is 11.9. The van der Waals surface area contributed by atoms with Crippen LogP contribution in [0.1, 0.15) is 20.3 Å². The highest BCUT2D eigenvalue weighted by molar-refractivity contribution is 5.85. The van der Waals surface area contributed by atoms with Crippen LogP contribution in [0.2, 0.25) is 0 Å². The molecule has 3 N–H and O–H groups in total. The fraction of sp³-hybridized carbons (Fsp3) is 0.625. The third-order valence-electron chi connectivity index (χ3n) is 1.85. The van der Waals surface area contributed by atoms with Crippen molar-refractivity contribution in [3.63, 3.8) is 0 Å². The van der Waals surface area contributed by atoms with Gasteiger partial charge in [-0.3, -0.25) is 4.68 Å². The Kier molecular flexibility index (Phi) is 4.62. The number of nitrogens with one attached hydrogen (secondary N) is 1. The van der Waals surface area contributed by atoms with Crippen molar-refractivity contribution in [2.45, 2.75) is 26.3 Å². The van der Waals surface area contributed by atoms with Gasteiger partial charge in [-0.2, -0.15) is 5.10 Å². The van der Waals surface area contributed by atoms with Gasteiger partial charge in [-0.1, -0.05) is 6.92 Å². The molecule has 1 heterocycles. The zero-order valence-corrected chi connectivity index (χ0v) is 9.06. The molecule has 0 saturated heterocycles. The predicted octanol–water partition coefficient (Wildman–Crippen LogP) is 1.63. The van der Waals surface area contributed by atoms with E-state index < -0.39 is 0 Å². The van der Waals surface area contributed by atoms with E-state index in [1.54, 1.807) is 10.9 Å². The van der Waals surface area contributed by atoms with Crippen molar-refractivity contribution in [1.82, 2.24) is 9.78 Å². The molecule has 0 bridgehead atoms. The Labute approximate surface area is 84.9 Å². The Balaban J connectivity index is 0.00000144. The number of anilines is 2. The van der Waals surface area contributed by atoms with Crippen molar-refractivity contribution >= 4 is 23.9 Å². The van der Waals surface area contributed by atoms with Gasteiger partial charge in [-0.25, -0.2) is 0 Å². The lowest BCUT2D eigenvalue weighted by atomic mass is 10.2. The molecule has 0 amide bonds. The van der Waals surface area contributed by atoms with Gasteiger partial charge < -0.3 is 11.1 Å². The van der Waals surface area contributed by atoms with Gasteiger partial charge in [-0.05, 0) is 13.3 Å². The number of rotatable bonds is 3. The van der Waals surface area contributed by atoms with E-state index in [0.29, 0.717) is 11.7 Å². The first-order chi connectivity index (χ1) is 5.63. The smallest absolute Gasteiger partial charge is 0.171 e. The zero-order valence-electron chi connectivity index (χ0n) is 8.24. The molecule has 1 unspecified atom stereocenters. The molecule has 76 valence electrons. The second kappa shape index (κ2) is 4.97. The Morgan fingerprint density at radius 2 is 2.31 bits per heavy atom. The zero-order chi connectivity index (χ0) is 9.14. The fourth-order valence-electron chi connectivity index (χ4n) is 0.954. The van der Waals surface area contributed by atoms with Crippen LogP contribution in [0.25, 0.3) is 0 Å². The summed E-state index contributed by atoms with van der Waals surface area (Å²) in [5.74, 6) is 0.784. The average molecular weight is 205 g/mol. The molecule has 0 aliphatic heterocycles. The predicted molar refractivity (Wildman–Crippen MR) is 58.2 cm³/mol. The summed E-state index contributed by atoms with van der Waals surface area (Å²) in [6.07, 6.45) is 2.86. The minimum Gasteiger partial charge on any atom is -0.394 e. The summed E-state index contributed by atoms with van der Waals surface area (Å²) >= 11 is 0. The first-order valence-corrected chi connectivity index (χ1v) is 4.19. The Hall–Kier alpha value is -0.900. The standard InChI is InChI=1S/C8H16N4.ClH/c1-4-6(2)10-8-7(9)5-12(3)11-8;/h5-6H,4,9H2,1-3H3,(H,10,11);1H. The van der Waals surface area contributed by atoms with E-state index in [4.69, 9.17) is 5.73 Å². The number of nitrogen functional groups attached to an aromatic ring is 1. The lowest BCUT2D eigenvalue weighted by Crippen LogP contribution is -2.14. The van der Waals surface area contributed by atoms with Crippen LogP contribution in [0.5, 0.6) is 0 Å². The molecule has 1 aromatic rings. The molecular formula is C8H17ClN4. The van der Waals surface area contributed by atoms with Crippen molar-refractivity contribution in [2.75, 3.05) is 11.1 Å². The van der Waals surface area contributed by atoms with Crippen LogP contribution in [0.4, 0.5) is 11.5 Å². The molecule has 0 radical (unpaired) electrons. The summed E-state index contributed by atoms with van der Waals surface area (Å²) in [5, 5.41) is 7.40. The summed E-state index contributed by atoms with van der Waals surface area (Å²) < 4.78 is 1.71. The second-order valence-electron chi connectivity index (χ2n) is 3.06. The van der Waals surface area contributed by atoms with E-state index in [2.05, 4.69) is 24.3 Å². The Bertz CT molecular complexity index is 259. The Morgan fingerprint density at radius 1 is 1.69 bits per heavy atom. The molecule has 13 heavy (non-hydrogen) atoms. The first-order valence-electron chi connectivity index (χ1n) is 4.19. The minimum atomic E-state index is 0. The minimum absolute atomic E-state index is 0. The molecule has 1 rings (SSSR count). The number of nitrogens with two attached hydrogens (primary N) is 1. The molecule has 0 aliphatic carbocycles. The number of aromatic nitrogens is 2. The topological polar surface area (TPSA) is 55.9 Å².